The Kier molecular flexibility index (Phi) is 3.41. The van der Waals surface area contributed by atoms with Gasteiger partial charge in [-0.15, -0.1) is 0 Å². The smallest absolute Gasteiger partial charge is 0.309 e. The van der Waals surface area contributed by atoms with Gasteiger partial charge < -0.3 is 5.11 Å². The number of hydrogen-bond donors (Lipinski definition) is 1. The molecule has 1 aromatic carbocycles. The van der Waals surface area contributed by atoms with Gasteiger partial charge in [-0.3, -0.25) is 4.79 Å². The summed E-state index contributed by atoms with van der Waals surface area (Å²) < 4.78 is 0. The zero-order valence-electron chi connectivity index (χ0n) is 10.7. The summed E-state index contributed by atoms with van der Waals surface area (Å²) >= 11 is 0. The molecule has 0 saturated carbocycles. The maximum atomic E-state index is 11.1. The molecule has 0 heterocycles. The average molecular weight is 220 g/mol. The van der Waals surface area contributed by atoms with E-state index in [1.165, 1.54) is 16.7 Å². The Morgan fingerprint density at radius 3 is 2.25 bits per heavy atom. The van der Waals surface area contributed by atoms with Gasteiger partial charge in [0.15, 0.2) is 0 Å². The van der Waals surface area contributed by atoms with Crippen LogP contribution in [0.3, 0.4) is 0 Å². The summed E-state index contributed by atoms with van der Waals surface area (Å²) in [6.45, 7) is 9.76. The summed E-state index contributed by atoms with van der Waals surface area (Å²) in [6.07, 6.45) is 0.579. The van der Waals surface area contributed by atoms with Gasteiger partial charge in [-0.1, -0.05) is 12.1 Å². The van der Waals surface area contributed by atoms with Crippen LogP contribution in [-0.2, 0) is 11.2 Å². The Hall–Kier alpha value is -1.31. The van der Waals surface area contributed by atoms with Gasteiger partial charge in [0.05, 0.1) is 5.41 Å². The first-order chi connectivity index (χ1) is 7.25. The van der Waals surface area contributed by atoms with Gasteiger partial charge in [-0.25, -0.2) is 0 Å². The van der Waals surface area contributed by atoms with Crippen molar-refractivity contribution < 1.29 is 9.90 Å². The number of aryl methyl sites for hydroxylation is 1. The molecular formula is C14H20O2. The molecule has 2 heteroatoms. The molecule has 0 spiro atoms. The molecule has 0 aliphatic rings. The van der Waals surface area contributed by atoms with E-state index in [0.29, 0.717) is 6.42 Å². The molecule has 16 heavy (non-hydrogen) atoms. The quantitative estimate of drug-likeness (QED) is 0.848. The minimum Gasteiger partial charge on any atom is -0.481 e. The first kappa shape index (κ1) is 12.8. The van der Waals surface area contributed by atoms with Crippen LogP contribution in [0.1, 0.15) is 36.1 Å². The molecule has 0 saturated heterocycles. The number of aliphatic carboxylic acids is 1. The topological polar surface area (TPSA) is 37.3 Å². The lowest BCUT2D eigenvalue weighted by molar-refractivity contribution is -0.146. The van der Waals surface area contributed by atoms with Gasteiger partial charge in [-0.2, -0.15) is 0 Å². The predicted molar refractivity (Wildman–Crippen MR) is 65.8 cm³/mol. The first-order valence-corrected chi connectivity index (χ1v) is 5.55. The van der Waals surface area contributed by atoms with E-state index in [9.17, 15) is 4.79 Å². The van der Waals surface area contributed by atoms with Gasteiger partial charge >= 0.3 is 5.97 Å². The Bertz CT molecular complexity index is 417. The van der Waals surface area contributed by atoms with E-state index in [0.717, 1.165) is 5.56 Å². The molecule has 1 rings (SSSR count). The monoisotopic (exact) mass is 220 g/mol. The van der Waals surface area contributed by atoms with Crippen LogP contribution >= 0.6 is 0 Å². The summed E-state index contributed by atoms with van der Waals surface area (Å²) in [6, 6.07) is 4.11. The van der Waals surface area contributed by atoms with Crippen molar-refractivity contribution in [1.29, 1.82) is 0 Å². The first-order valence-electron chi connectivity index (χ1n) is 5.55. The van der Waals surface area contributed by atoms with E-state index in [4.69, 9.17) is 5.11 Å². The second-order valence-corrected chi connectivity index (χ2v) is 5.16. The Morgan fingerprint density at radius 2 is 1.75 bits per heavy atom. The minimum atomic E-state index is -0.745. The van der Waals surface area contributed by atoms with Crippen LogP contribution in [0.4, 0.5) is 0 Å². The van der Waals surface area contributed by atoms with E-state index < -0.39 is 11.4 Å². The van der Waals surface area contributed by atoms with Crippen LogP contribution in [0.5, 0.6) is 0 Å². The number of carbonyl (C=O) groups is 1. The van der Waals surface area contributed by atoms with Gasteiger partial charge in [0.2, 0.25) is 0 Å². The second kappa shape index (κ2) is 4.28. The lowest BCUT2D eigenvalue weighted by Gasteiger charge is -2.21. The molecule has 0 amide bonds. The third-order valence-corrected chi connectivity index (χ3v) is 3.38. The van der Waals surface area contributed by atoms with Gasteiger partial charge in [-0.05, 0) is 63.3 Å². The van der Waals surface area contributed by atoms with Crippen molar-refractivity contribution in [3.63, 3.8) is 0 Å². The summed E-state index contributed by atoms with van der Waals surface area (Å²) in [5, 5.41) is 9.12. The molecule has 0 aliphatic heterocycles. The lowest BCUT2D eigenvalue weighted by atomic mass is 9.83. The number of rotatable bonds is 3. The normalized spacial score (nSPS) is 11.6. The van der Waals surface area contributed by atoms with Crippen molar-refractivity contribution in [3.8, 4) is 0 Å². The van der Waals surface area contributed by atoms with Crippen LogP contribution in [0.25, 0.3) is 0 Å². The molecule has 0 bridgehead atoms. The SMILES string of the molecule is Cc1ccc(CC(C)(C)C(=O)O)c(C)c1C. The van der Waals surface area contributed by atoms with Crippen LogP contribution in [-0.4, -0.2) is 11.1 Å². The summed E-state index contributed by atoms with van der Waals surface area (Å²) in [5.41, 5.74) is 4.17. The molecule has 88 valence electrons. The van der Waals surface area contributed by atoms with Gasteiger partial charge in [0.25, 0.3) is 0 Å². The summed E-state index contributed by atoms with van der Waals surface area (Å²) in [5.74, 6) is -0.745. The average Bonchev–Trinajstić information content (AvgIpc) is 2.19. The fourth-order valence-corrected chi connectivity index (χ4v) is 1.76. The highest BCUT2D eigenvalue weighted by atomic mass is 16.4. The maximum absolute atomic E-state index is 11.1. The van der Waals surface area contributed by atoms with E-state index in [1.807, 2.05) is 6.07 Å². The third-order valence-electron chi connectivity index (χ3n) is 3.38. The predicted octanol–water partition coefficient (Wildman–Crippen LogP) is 3.27. The van der Waals surface area contributed by atoms with E-state index in [-0.39, 0.29) is 0 Å². The maximum Gasteiger partial charge on any atom is 0.309 e. The standard InChI is InChI=1S/C14H20O2/c1-9-6-7-12(11(3)10(9)2)8-14(4,5)13(15)16/h6-7H,8H2,1-5H3,(H,15,16). The number of hydrogen-bond acceptors (Lipinski definition) is 1. The summed E-state index contributed by atoms with van der Waals surface area (Å²) in [7, 11) is 0. The number of carboxylic acids is 1. The van der Waals surface area contributed by atoms with Crippen molar-refractivity contribution in [1.82, 2.24) is 0 Å². The largest absolute Gasteiger partial charge is 0.481 e. The third kappa shape index (κ3) is 2.43. The van der Waals surface area contributed by atoms with E-state index in [2.05, 4.69) is 26.8 Å². The van der Waals surface area contributed by atoms with Crippen LogP contribution < -0.4 is 0 Å². The minimum absolute atomic E-state index is 0.579. The second-order valence-electron chi connectivity index (χ2n) is 5.16. The fraction of sp³-hybridized carbons (Fsp3) is 0.500. The van der Waals surface area contributed by atoms with Crippen LogP contribution in [0, 0.1) is 26.2 Å². The number of benzene rings is 1. The molecule has 1 N–H and O–H groups in total. The van der Waals surface area contributed by atoms with Gasteiger partial charge in [0, 0.05) is 0 Å². The number of carboxylic acid groups (broad SMARTS) is 1. The molecule has 0 atom stereocenters. The highest BCUT2D eigenvalue weighted by Crippen LogP contribution is 2.26. The fourth-order valence-electron chi connectivity index (χ4n) is 1.76. The molecule has 0 aliphatic carbocycles. The highest BCUT2D eigenvalue weighted by molar-refractivity contribution is 5.74. The molecule has 0 unspecified atom stereocenters. The molecule has 0 aromatic heterocycles. The molecule has 2 nitrogen and oxygen atoms in total. The van der Waals surface area contributed by atoms with E-state index in [1.54, 1.807) is 13.8 Å². The zero-order chi connectivity index (χ0) is 12.5. The Labute approximate surface area is 97.3 Å². The molecule has 0 fully saturated rings. The van der Waals surface area contributed by atoms with Gasteiger partial charge in [0.1, 0.15) is 0 Å². The van der Waals surface area contributed by atoms with Crippen molar-refractivity contribution in [3.05, 3.63) is 34.4 Å². The van der Waals surface area contributed by atoms with Crippen LogP contribution in [0.15, 0.2) is 12.1 Å². The van der Waals surface area contributed by atoms with Crippen molar-refractivity contribution in [2.75, 3.05) is 0 Å². The van der Waals surface area contributed by atoms with Crippen molar-refractivity contribution in [2.45, 2.75) is 41.0 Å². The van der Waals surface area contributed by atoms with Crippen LogP contribution in [0.2, 0.25) is 0 Å². The van der Waals surface area contributed by atoms with E-state index >= 15 is 0 Å². The molecule has 1 aromatic rings. The molecular weight excluding hydrogens is 200 g/mol. The Morgan fingerprint density at radius 1 is 1.19 bits per heavy atom. The lowest BCUT2D eigenvalue weighted by Crippen LogP contribution is -2.26. The Balaban J connectivity index is 3.08. The highest BCUT2D eigenvalue weighted by Gasteiger charge is 2.28. The van der Waals surface area contributed by atoms with Crippen molar-refractivity contribution >= 4 is 5.97 Å². The molecule has 0 radical (unpaired) electrons. The zero-order valence-corrected chi connectivity index (χ0v) is 10.7. The van der Waals surface area contributed by atoms with Crippen molar-refractivity contribution in [2.24, 2.45) is 5.41 Å². The summed E-state index contributed by atoms with van der Waals surface area (Å²) in [4.78, 5) is 11.1.